The molecule has 1 aliphatic rings. The third-order valence-corrected chi connectivity index (χ3v) is 3.11. The van der Waals surface area contributed by atoms with Gasteiger partial charge in [-0.3, -0.25) is 0 Å². The van der Waals surface area contributed by atoms with Gasteiger partial charge in [-0.25, -0.2) is 4.79 Å². The first-order valence-corrected chi connectivity index (χ1v) is 5.88. The van der Waals surface area contributed by atoms with Gasteiger partial charge < -0.3 is 9.47 Å². The summed E-state index contributed by atoms with van der Waals surface area (Å²) in [5, 5.41) is 0.441. The molecule has 0 fully saturated rings. The van der Waals surface area contributed by atoms with Crippen LogP contribution in [0.3, 0.4) is 0 Å². The fourth-order valence-corrected chi connectivity index (χ4v) is 2.31. The van der Waals surface area contributed by atoms with E-state index in [1.807, 2.05) is 25.1 Å². The number of alkyl halides is 1. The zero-order valence-corrected chi connectivity index (χ0v) is 9.91. The van der Waals surface area contributed by atoms with E-state index >= 15 is 0 Å². The van der Waals surface area contributed by atoms with Crippen molar-refractivity contribution in [2.75, 3.05) is 11.9 Å². The molecule has 0 saturated carbocycles. The van der Waals surface area contributed by atoms with Crippen LogP contribution < -0.4 is 0 Å². The minimum atomic E-state index is -0.942. The highest BCUT2D eigenvalue weighted by Crippen LogP contribution is 2.38. The van der Waals surface area contributed by atoms with Gasteiger partial charge in [-0.15, -0.1) is 0 Å². The number of rotatable bonds is 3. The maximum Gasteiger partial charge on any atom is 0.341 e. The number of fused-ring (bicyclic) bond motifs is 1. The van der Waals surface area contributed by atoms with Gasteiger partial charge >= 0.3 is 5.97 Å². The Bertz CT molecular complexity index is 391. The molecule has 1 aromatic carbocycles. The van der Waals surface area contributed by atoms with Gasteiger partial charge in [-0.1, -0.05) is 34.1 Å². The molecule has 0 radical (unpaired) electrons. The van der Waals surface area contributed by atoms with Crippen molar-refractivity contribution in [1.29, 1.82) is 0 Å². The van der Waals surface area contributed by atoms with Crippen molar-refractivity contribution in [3.05, 3.63) is 35.4 Å². The van der Waals surface area contributed by atoms with Crippen molar-refractivity contribution in [2.45, 2.75) is 12.7 Å². The number of carbonyl (C=O) groups excluding carboxylic acids is 1. The minimum absolute atomic E-state index is 0.321. The van der Waals surface area contributed by atoms with Gasteiger partial charge in [0, 0.05) is 12.2 Å². The Morgan fingerprint density at radius 2 is 2.20 bits per heavy atom. The highest BCUT2D eigenvalue weighted by molar-refractivity contribution is 9.09. The van der Waals surface area contributed by atoms with Crippen LogP contribution in [0.4, 0.5) is 0 Å². The Kier molecular flexibility index (Phi) is 2.80. The van der Waals surface area contributed by atoms with Gasteiger partial charge in [-0.05, 0) is 13.0 Å². The molecule has 0 bridgehead atoms. The number of esters is 1. The third kappa shape index (κ3) is 1.58. The van der Waals surface area contributed by atoms with Crippen molar-refractivity contribution < 1.29 is 14.3 Å². The summed E-state index contributed by atoms with van der Waals surface area (Å²) in [4.78, 5) is 11.6. The molecule has 4 heteroatoms. The molecule has 80 valence electrons. The number of cyclic esters (lactones) is 1. The Balaban J connectivity index is 2.50. The van der Waals surface area contributed by atoms with Crippen LogP contribution in [0.5, 0.6) is 0 Å². The first-order chi connectivity index (χ1) is 7.23. The number of benzene rings is 1. The summed E-state index contributed by atoms with van der Waals surface area (Å²) in [5.41, 5.74) is 1.39. The molecule has 2 rings (SSSR count). The lowest BCUT2D eigenvalue weighted by Crippen LogP contribution is -2.31. The molecule has 0 spiro atoms. The topological polar surface area (TPSA) is 35.5 Å². The fourth-order valence-electron chi connectivity index (χ4n) is 1.73. The van der Waals surface area contributed by atoms with Gasteiger partial charge in [0.1, 0.15) is 0 Å². The molecule has 1 unspecified atom stereocenters. The van der Waals surface area contributed by atoms with E-state index in [-0.39, 0.29) is 5.97 Å². The molecular weight excluding hydrogens is 260 g/mol. The van der Waals surface area contributed by atoms with Crippen LogP contribution in [0.15, 0.2) is 24.3 Å². The normalized spacial score (nSPS) is 23.7. The van der Waals surface area contributed by atoms with E-state index in [9.17, 15) is 4.79 Å². The lowest BCUT2D eigenvalue weighted by molar-refractivity contribution is -0.183. The van der Waals surface area contributed by atoms with E-state index in [4.69, 9.17) is 9.47 Å². The lowest BCUT2D eigenvalue weighted by Gasteiger charge is -2.25. The predicted octanol–water partition coefficient (Wildman–Crippen LogP) is 2.44. The molecule has 0 saturated heterocycles. The van der Waals surface area contributed by atoms with E-state index in [0.717, 1.165) is 5.56 Å². The molecule has 0 aliphatic carbocycles. The molecule has 1 heterocycles. The highest BCUT2D eigenvalue weighted by atomic mass is 79.9. The van der Waals surface area contributed by atoms with E-state index in [1.165, 1.54) is 0 Å². The summed E-state index contributed by atoms with van der Waals surface area (Å²) in [6.45, 7) is 2.37. The van der Waals surface area contributed by atoms with Crippen LogP contribution in [0.25, 0.3) is 0 Å². The molecular formula is C11H11BrO3. The SMILES string of the molecule is CCOC1(CBr)OC(=O)c2ccccc21. The standard InChI is InChI=1S/C11H11BrO3/c1-2-14-11(7-12)9-6-4-3-5-8(9)10(13)15-11/h3-6H,2,7H2,1H3. The van der Waals surface area contributed by atoms with Crippen LogP contribution in [-0.4, -0.2) is 17.9 Å². The van der Waals surface area contributed by atoms with Crippen LogP contribution >= 0.6 is 15.9 Å². The molecule has 1 atom stereocenters. The largest absolute Gasteiger partial charge is 0.424 e. The van der Waals surface area contributed by atoms with Gasteiger partial charge in [0.05, 0.1) is 10.9 Å². The summed E-state index contributed by atoms with van der Waals surface area (Å²) in [6, 6.07) is 7.30. The van der Waals surface area contributed by atoms with Crippen molar-refractivity contribution in [1.82, 2.24) is 0 Å². The maximum absolute atomic E-state index is 11.6. The van der Waals surface area contributed by atoms with E-state index in [2.05, 4.69) is 15.9 Å². The smallest absolute Gasteiger partial charge is 0.341 e. The van der Waals surface area contributed by atoms with Gasteiger partial charge in [-0.2, -0.15) is 0 Å². The summed E-state index contributed by atoms with van der Waals surface area (Å²) in [6.07, 6.45) is 0. The molecule has 0 amide bonds. The molecule has 15 heavy (non-hydrogen) atoms. The zero-order chi connectivity index (χ0) is 10.9. The lowest BCUT2D eigenvalue weighted by atomic mass is 10.0. The minimum Gasteiger partial charge on any atom is -0.424 e. The quantitative estimate of drug-likeness (QED) is 0.625. The fraction of sp³-hybridized carbons (Fsp3) is 0.364. The summed E-state index contributed by atoms with van der Waals surface area (Å²) >= 11 is 3.33. The Morgan fingerprint density at radius 3 is 2.87 bits per heavy atom. The third-order valence-electron chi connectivity index (χ3n) is 2.37. The first kappa shape index (κ1) is 10.6. The zero-order valence-electron chi connectivity index (χ0n) is 8.33. The van der Waals surface area contributed by atoms with Crippen LogP contribution in [0.2, 0.25) is 0 Å². The Morgan fingerprint density at radius 1 is 1.47 bits per heavy atom. The number of carbonyl (C=O) groups is 1. The molecule has 0 N–H and O–H groups in total. The van der Waals surface area contributed by atoms with Crippen molar-refractivity contribution in [2.24, 2.45) is 0 Å². The van der Waals surface area contributed by atoms with Crippen LogP contribution in [0, 0.1) is 0 Å². The summed E-state index contributed by atoms with van der Waals surface area (Å²) < 4.78 is 10.8. The predicted molar refractivity (Wildman–Crippen MR) is 59.0 cm³/mol. The maximum atomic E-state index is 11.6. The average molecular weight is 271 g/mol. The van der Waals surface area contributed by atoms with Crippen molar-refractivity contribution >= 4 is 21.9 Å². The van der Waals surface area contributed by atoms with E-state index < -0.39 is 5.79 Å². The second-order valence-corrected chi connectivity index (χ2v) is 3.82. The Hall–Kier alpha value is -0.870. The molecule has 1 aliphatic heterocycles. The van der Waals surface area contributed by atoms with E-state index in [0.29, 0.717) is 17.5 Å². The van der Waals surface area contributed by atoms with Crippen molar-refractivity contribution in [3.63, 3.8) is 0 Å². The number of hydrogen-bond acceptors (Lipinski definition) is 3. The van der Waals surface area contributed by atoms with E-state index in [1.54, 1.807) is 6.07 Å². The monoisotopic (exact) mass is 270 g/mol. The molecule has 0 aromatic heterocycles. The van der Waals surface area contributed by atoms with Gasteiger partial charge in [0.25, 0.3) is 5.79 Å². The number of hydrogen-bond donors (Lipinski definition) is 0. The van der Waals surface area contributed by atoms with Crippen molar-refractivity contribution in [3.8, 4) is 0 Å². The van der Waals surface area contributed by atoms with Crippen LogP contribution in [0.1, 0.15) is 22.8 Å². The Labute approximate surface area is 96.5 Å². The van der Waals surface area contributed by atoms with Gasteiger partial charge in [0.15, 0.2) is 0 Å². The highest BCUT2D eigenvalue weighted by Gasteiger charge is 2.45. The van der Waals surface area contributed by atoms with Gasteiger partial charge in [0.2, 0.25) is 0 Å². The second kappa shape index (κ2) is 3.94. The average Bonchev–Trinajstić information content (AvgIpc) is 2.55. The molecule has 1 aromatic rings. The second-order valence-electron chi connectivity index (χ2n) is 3.25. The van der Waals surface area contributed by atoms with Crippen LogP contribution in [-0.2, 0) is 15.3 Å². The first-order valence-electron chi connectivity index (χ1n) is 4.76. The molecule has 3 nitrogen and oxygen atoms in total. The number of halogens is 1. The summed E-state index contributed by atoms with van der Waals surface area (Å²) in [5.74, 6) is -1.26. The number of ether oxygens (including phenoxy) is 2. The summed E-state index contributed by atoms with van der Waals surface area (Å²) in [7, 11) is 0.